The summed E-state index contributed by atoms with van der Waals surface area (Å²) in [4.78, 5) is 15.1. The monoisotopic (exact) mass is 407 g/mol. The van der Waals surface area contributed by atoms with Crippen molar-refractivity contribution in [3.63, 3.8) is 0 Å². The minimum absolute atomic E-state index is 0.0930. The molecule has 1 heterocycles. The van der Waals surface area contributed by atoms with Crippen LogP contribution in [0.2, 0.25) is 10.0 Å². The van der Waals surface area contributed by atoms with E-state index < -0.39 is 6.10 Å². The van der Waals surface area contributed by atoms with Crippen molar-refractivity contribution in [3.8, 4) is 0 Å². The zero-order valence-electron chi connectivity index (χ0n) is 15.0. The molecule has 3 rings (SSSR count). The normalized spacial score (nSPS) is 16.3. The lowest BCUT2D eigenvalue weighted by Gasteiger charge is -2.37. The first-order valence-corrected chi connectivity index (χ1v) is 9.78. The van der Waals surface area contributed by atoms with Gasteiger partial charge in [0, 0.05) is 37.7 Å². The van der Waals surface area contributed by atoms with E-state index in [1.165, 1.54) is 0 Å². The molecule has 2 aromatic carbocycles. The fourth-order valence-electron chi connectivity index (χ4n) is 3.50. The first-order chi connectivity index (χ1) is 13.1. The lowest BCUT2D eigenvalue weighted by molar-refractivity contribution is 0.109. The Balaban J connectivity index is 1.54. The fraction of sp³-hybridized carbons (Fsp3) is 0.400. The largest absolute Gasteiger partial charge is 0.391 e. The third kappa shape index (κ3) is 5.42. The van der Waals surface area contributed by atoms with Crippen molar-refractivity contribution in [2.45, 2.75) is 19.1 Å². The Kier molecular flexibility index (Phi) is 7.07. The number of rotatable bonds is 7. The first-order valence-electron chi connectivity index (χ1n) is 9.03. The summed E-state index contributed by atoms with van der Waals surface area (Å²) in [5.41, 5.74) is 2.76. The van der Waals surface area contributed by atoms with E-state index in [1.54, 1.807) is 18.2 Å². The Hall–Kier alpha value is -1.66. The van der Waals surface area contributed by atoms with Gasteiger partial charge in [-0.25, -0.2) is 0 Å². The average molecular weight is 408 g/mol. The van der Waals surface area contributed by atoms with Crippen molar-refractivity contribution < 1.29 is 5.11 Å². The predicted molar refractivity (Wildman–Crippen MR) is 111 cm³/mol. The van der Waals surface area contributed by atoms with Crippen LogP contribution in [0, 0.1) is 4.91 Å². The zero-order chi connectivity index (χ0) is 19.2. The van der Waals surface area contributed by atoms with Gasteiger partial charge in [-0.05, 0) is 41.8 Å². The van der Waals surface area contributed by atoms with Crippen LogP contribution in [0.1, 0.15) is 11.1 Å². The highest BCUT2D eigenvalue weighted by Crippen LogP contribution is 2.26. The molecule has 0 amide bonds. The fourth-order valence-corrected chi connectivity index (χ4v) is 3.95. The van der Waals surface area contributed by atoms with Crippen LogP contribution in [0.25, 0.3) is 0 Å². The highest BCUT2D eigenvalue weighted by molar-refractivity contribution is 6.33. The molecule has 0 spiro atoms. The van der Waals surface area contributed by atoms with E-state index in [0.717, 1.165) is 48.0 Å². The van der Waals surface area contributed by atoms with Crippen LogP contribution in [0.3, 0.4) is 0 Å². The van der Waals surface area contributed by atoms with E-state index >= 15 is 0 Å². The molecular weight excluding hydrogens is 385 g/mol. The molecule has 1 atom stereocenters. The van der Waals surface area contributed by atoms with Crippen LogP contribution in [-0.4, -0.2) is 48.8 Å². The number of aliphatic hydroxyl groups excluding tert-OH is 1. The third-order valence-corrected chi connectivity index (χ3v) is 5.45. The SMILES string of the molecule is O=NCc1ccc(Cl)cc1CC(O)CN1CCN(c2ccccc2Cl)CC1. The smallest absolute Gasteiger partial charge is 0.106 e. The van der Waals surface area contributed by atoms with E-state index in [9.17, 15) is 10.0 Å². The standard InChI is InChI=1S/C20H23Cl2N3O2/c21-17-6-5-15(13-23-27)16(11-17)12-18(26)14-24-7-9-25(10-8-24)20-4-2-1-3-19(20)22/h1-6,11,18,26H,7-10,12-14H2. The number of nitroso groups, excluding NO2 is 1. The molecule has 1 saturated heterocycles. The minimum Gasteiger partial charge on any atom is -0.391 e. The molecule has 1 N–H and O–H groups in total. The molecule has 7 heteroatoms. The van der Waals surface area contributed by atoms with Gasteiger partial charge in [-0.15, -0.1) is 0 Å². The van der Waals surface area contributed by atoms with Gasteiger partial charge in [0.2, 0.25) is 0 Å². The maximum atomic E-state index is 10.6. The highest BCUT2D eigenvalue weighted by Gasteiger charge is 2.21. The number of aliphatic hydroxyl groups is 1. The number of para-hydroxylation sites is 1. The van der Waals surface area contributed by atoms with Gasteiger partial charge in [-0.1, -0.05) is 46.6 Å². The van der Waals surface area contributed by atoms with Crippen LogP contribution in [0.5, 0.6) is 0 Å². The number of nitrogens with zero attached hydrogens (tertiary/aromatic N) is 3. The Morgan fingerprint density at radius 2 is 1.78 bits per heavy atom. The van der Waals surface area contributed by atoms with Gasteiger partial charge in [-0.3, -0.25) is 4.90 Å². The lowest BCUT2D eigenvalue weighted by atomic mass is 10.0. The summed E-state index contributed by atoms with van der Waals surface area (Å²) in [7, 11) is 0. The molecule has 1 aliphatic heterocycles. The number of benzene rings is 2. The molecule has 2 aromatic rings. The highest BCUT2D eigenvalue weighted by atomic mass is 35.5. The summed E-state index contributed by atoms with van der Waals surface area (Å²) in [6, 6.07) is 13.2. The maximum absolute atomic E-state index is 10.6. The average Bonchev–Trinajstić information content (AvgIpc) is 2.65. The number of hydrogen-bond donors (Lipinski definition) is 1. The van der Waals surface area contributed by atoms with Crippen molar-refractivity contribution >= 4 is 28.9 Å². The van der Waals surface area contributed by atoms with E-state index in [4.69, 9.17) is 23.2 Å². The van der Waals surface area contributed by atoms with Gasteiger partial charge < -0.3 is 10.0 Å². The van der Waals surface area contributed by atoms with E-state index in [2.05, 4.69) is 15.0 Å². The lowest BCUT2D eigenvalue weighted by Crippen LogP contribution is -2.49. The van der Waals surface area contributed by atoms with Gasteiger partial charge in [0.05, 0.1) is 16.8 Å². The Labute approximate surface area is 169 Å². The first kappa shape index (κ1) is 20.1. The molecule has 144 valence electrons. The van der Waals surface area contributed by atoms with Gasteiger partial charge >= 0.3 is 0 Å². The second kappa shape index (κ2) is 9.51. The van der Waals surface area contributed by atoms with Gasteiger partial charge in [0.25, 0.3) is 0 Å². The Morgan fingerprint density at radius 1 is 1.04 bits per heavy atom. The molecule has 0 radical (unpaired) electrons. The molecule has 27 heavy (non-hydrogen) atoms. The Morgan fingerprint density at radius 3 is 2.48 bits per heavy atom. The quantitative estimate of drug-likeness (QED) is 0.704. The van der Waals surface area contributed by atoms with Crippen molar-refractivity contribution in [1.82, 2.24) is 4.90 Å². The van der Waals surface area contributed by atoms with E-state index in [-0.39, 0.29) is 6.54 Å². The molecule has 0 saturated carbocycles. The van der Waals surface area contributed by atoms with E-state index in [0.29, 0.717) is 18.0 Å². The number of hydrogen-bond acceptors (Lipinski definition) is 5. The van der Waals surface area contributed by atoms with Crippen LogP contribution in [0.15, 0.2) is 47.6 Å². The molecule has 5 nitrogen and oxygen atoms in total. The molecule has 0 bridgehead atoms. The summed E-state index contributed by atoms with van der Waals surface area (Å²) in [5, 5.41) is 14.9. The van der Waals surface area contributed by atoms with Crippen molar-refractivity contribution in [1.29, 1.82) is 0 Å². The van der Waals surface area contributed by atoms with Crippen LogP contribution in [-0.2, 0) is 13.0 Å². The van der Waals surface area contributed by atoms with Crippen LogP contribution in [0.4, 0.5) is 5.69 Å². The van der Waals surface area contributed by atoms with Gasteiger partial charge in [-0.2, -0.15) is 4.91 Å². The summed E-state index contributed by atoms with van der Waals surface area (Å²) in [6.07, 6.45) is -0.0726. The maximum Gasteiger partial charge on any atom is 0.106 e. The van der Waals surface area contributed by atoms with Crippen LogP contribution < -0.4 is 4.90 Å². The third-order valence-electron chi connectivity index (χ3n) is 4.89. The second-order valence-corrected chi connectivity index (χ2v) is 7.64. The van der Waals surface area contributed by atoms with Crippen LogP contribution >= 0.6 is 23.2 Å². The Bertz CT molecular complexity index is 780. The van der Waals surface area contributed by atoms with Gasteiger partial charge in [0.1, 0.15) is 6.54 Å². The molecule has 1 aliphatic rings. The number of piperazine rings is 1. The van der Waals surface area contributed by atoms with Gasteiger partial charge in [0.15, 0.2) is 0 Å². The number of halogens is 2. The summed E-state index contributed by atoms with van der Waals surface area (Å²) >= 11 is 12.3. The predicted octanol–water partition coefficient (Wildman–Crippen LogP) is 3.99. The molecule has 0 aromatic heterocycles. The summed E-state index contributed by atoms with van der Waals surface area (Å²) in [5.74, 6) is 0. The number of anilines is 1. The second-order valence-electron chi connectivity index (χ2n) is 6.80. The molecule has 0 aliphatic carbocycles. The molecule has 1 unspecified atom stereocenters. The zero-order valence-corrected chi connectivity index (χ0v) is 16.5. The van der Waals surface area contributed by atoms with E-state index in [1.807, 2.05) is 24.3 Å². The minimum atomic E-state index is -0.527. The topological polar surface area (TPSA) is 56.1 Å². The molecule has 1 fully saturated rings. The van der Waals surface area contributed by atoms with Crippen molar-refractivity contribution in [2.75, 3.05) is 37.6 Å². The molecular formula is C20H23Cl2N3O2. The summed E-state index contributed by atoms with van der Waals surface area (Å²) < 4.78 is 0. The number of β-amino-alcohol motifs (C(OH)–C–C–N with tert-alkyl or cyclic N) is 1. The van der Waals surface area contributed by atoms with Crippen molar-refractivity contribution in [3.05, 3.63) is 68.5 Å². The van der Waals surface area contributed by atoms with Crippen molar-refractivity contribution in [2.24, 2.45) is 5.18 Å². The summed E-state index contributed by atoms with van der Waals surface area (Å²) in [6.45, 7) is 4.13.